The minimum atomic E-state index is -3.31. The molecule has 5 heteroatoms. The summed E-state index contributed by atoms with van der Waals surface area (Å²) in [6, 6.07) is 0. The molecule has 0 amide bonds. The molecule has 0 aromatic rings. The van der Waals surface area contributed by atoms with Gasteiger partial charge in [0.25, 0.3) is 10.1 Å². The summed E-state index contributed by atoms with van der Waals surface area (Å²) in [5.41, 5.74) is 0. The third-order valence-corrected chi connectivity index (χ3v) is 3.73. The Hall–Kier alpha value is -0.130. The first kappa shape index (κ1) is 13.9. The van der Waals surface area contributed by atoms with Crippen LogP contribution in [-0.4, -0.2) is 34.0 Å². The quantitative estimate of drug-likeness (QED) is 0.511. The van der Waals surface area contributed by atoms with Gasteiger partial charge in [-0.3, -0.25) is 4.18 Å². The molecule has 1 fully saturated rings. The standard InChI is InChI=1S/C11H22O4S/c1-4-5-6-14-8-10-7-11(9(10)2)15-16(3,12)13/h9-11H,4-8H2,1-3H3/t9-,10-,11+/m0/s1. The van der Waals surface area contributed by atoms with E-state index >= 15 is 0 Å². The van der Waals surface area contributed by atoms with E-state index in [9.17, 15) is 8.42 Å². The van der Waals surface area contributed by atoms with Crippen molar-refractivity contribution in [3.63, 3.8) is 0 Å². The van der Waals surface area contributed by atoms with E-state index in [1.54, 1.807) is 0 Å². The third kappa shape index (κ3) is 4.39. The van der Waals surface area contributed by atoms with Crippen molar-refractivity contribution < 1.29 is 17.3 Å². The van der Waals surface area contributed by atoms with Crippen LogP contribution >= 0.6 is 0 Å². The van der Waals surface area contributed by atoms with Crippen molar-refractivity contribution in [2.75, 3.05) is 19.5 Å². The van der Waals surface area contributed by atoms with Crippen molar-refractivity contribution in [2.45, 2.75) is 39.2 Å². The molecule has 16 heavy (non-hydrogen) atoms. The molecule has 0 aromatic heterocycles. The Morgan fingerprint density at radius 2 is 2.06 bits per heavy atom. The van der Waals surface area contributed by atoms with Gasteiger partial charge in [0.15, 0.2) is 0 Å². The van der Waals surface area contributed by atoms with Crippen LogP contribution in [0.3, 0.4) is 0 Å². The fourth-order valence-corrected chi connectivity index (χ4v) is 2.59. The number of hydrogen-bond acceptors (Lipinski definition) is 4. The van der Waals surface area contributed by atoms with Crippen LogP contribution in [0.15, 0.2) is 0 Å². The van der Waals surface area contributed by atoms with E-state index in [1.807, 2.05) is 6.92 Å². The largest absolute Gasteiger partial charge is 0.381 e. The van der Waals surface area contributed by atoms with Gasteiger partial charge in [0.2, 0.25) is 0 Å². The van der Waals surface area contributed by atoms with E-state index in [-0.39, 0.29) is 12.0 Å². The molecule has 1 aliphatic carbocycles. The smallest absolute Gasteiger partial charge is 0.264 e. The Labute approximate surface area is 98.4 Å². The normalized spacial score (nSPS) is 30.1. The molecule has 96 valence electrons. The Balaban J connectivity index is 2.17. The van der Waals surface area contributed by atoms with Gasteiger partial charge in [0, 0.05) is 13.2 Å². The number of ether oxygens (including phenoxy) is 1. The predicted molar refractivity (Wildman–Crippen MR) is 62.7 cm³/mol. The molecule has 1 rings (SSSR count). The lowest BCUT2D eigenvalue weighted by Crippen LogP contribution is -2.44. The molecule has 0 bridgehead atoms. The summed E-state index contributed by atoms with van der Waals surface area (Å²) < 4.78 is 32.3. The maximum atomic E-state index is 10.9. The van der Waals surface area contributed by atoms with E-state index in [1.165, 1.54) is 0 Å². The first-order chi connectivity index (χ1) is 7.44. The average molecular weight is 250 g/mol. The van der Waals surface area contributed by atoms with E-state index in [4.69, 9.17) is 8.92 Å². The van der Waals surface area contributed by atoms with E-state index in [2.05, 4.69) is 6.92 Å². The second-order valence-electron chi connectivity index (χ2n) is 4.62. The fraction of sp³-hybridized carbons (Fsp3) is 1.00. The van der Waals surface area contributed by atoms with Crippen LogP contribution in [-0.2, 0) is 19.0 Å². The molecule has 0 aromatic carbocycles. The first-order valence-corrected chi connectivity index (χ1v) is 7.71. The highest BCUT2D eigenvalue weighted by molar-refractivity contribution is 7.86. The van der Waals surface area contributed by atoms with Crippen molar-refractivity contribution in [3.8, 4) is 0 Å². The second-order valence-corrected chi connectivity index (χ2v) is 6.22. The lowest BCUT2D eigenvalue weighted by Gasteiger charge is -2.41. The van der Waals surface area contributed by atoms with E-state index < -0.39 is 10.1 Å². The highest BCUT2D eigenvalue weighted by Gasteiger charge is 2.40. The van der Waals surface area contributed by atoms with Gasteiger partial charge in [-0.2, -0.15) is 8.42 Å². The second kappa shape index (κ2) is 5.98. The molecule has 0 heterocycles. The minimum absolute atomic E-state index is 0.144. The van der Waals surface area contributed by atoms with E-state index in [0.717, 1.165) is 38.7 Å². The van der Waals surface area contributed by atoms with Crippen LogP contribution < -0.4 is 0 Å². The molecule has 0 spiro atoms. The molecule has 1 saturated carbocycles. The number of hydrogen-bond donors (Lipinski definition) is 0. The zero-order valence-electron chi connectivity index (χ0n) is 10.3. The van der Waals surface area contributed by atoms with Gasteiger partial charge in [0.05, 0.1) is 12.4 Å². The summed E-state index contributed by atoms with van der Waals surface area (Å²) in [6.07, 6.45) is 3.98. The van der Waals surface area contributed by atoms with Crippen LogP contribution in [0.1, 0.15) is 33.1 Å². The van der Waals surface area contributed by atoms with Gasteiger partial charge in [-0.25, -0.2) is 0 Å². The van der Waals surface area contributed by atoms with Crippen molar-refractivity contribution >= 4 is 10.1 Å². The van der Waals surface area contributed by atoms with Gasteiger partial charge in [-0.05, 0) is 24.7 Å². The van der Waals surface area contributed by atoms with Gasteiger partial charge < -0.3 is 4.74 Å². The summed E-state index contributed by atoms with van der Waals surface area (Å²) in [6.45, 7) is 5.68. The highest BCUT2D eigenvalue weighted by Crippen LogP contribution is 2.37. The summed E-state index contributed by atoms with van der Waals surface area (Å²) >= 11 is 0. The Bertz CT molecular complexity index is 299. The molecule has 0 N–H and O–H groups in total. The third-order valence-electron chi connectivity index (χ3n) is 3.14. The fourth-order valence-electron chi connectivity index (χ4n) is 1.89. The van der Waals surface area contributed by atoms with Crippen molar-refractivity contribution in [3.05, 3.63) is 0 Å². The van der Waals surface area contributed by atoms with Gasteiger partial charge in [-0.15, -0.1) is 0 Å². The summed E-state index contributed by atoms with van der Waals surface area (Å²) in [5, 5.41) is 0. The predicted octanol–water partition coefficient (Wildman–Crippen LogP) is 1.80. The summed E-state index contributed by atoms with van der Waals surface area (Å²) in [7, 11) is -3.31. The number of rotatable bonds is 7. The van der Waals surface area contributed by atoms with Crippen molar-refractivity contribution in [1.82, 2.24) is 0 Å². The van der Waals surface area contributed by atoms with Gasteiger partial charge in [0.1, 0.15) is 0 Å². The van der Waals surface area contributed by atoms with Crippen LogP contribution in [0.5, 0.6) is 0 Å². The Kier molecular flexibility index (Phi) is 5.21. The lowest BCUT2D eigenvalue weighted by atomic mass is 9.73. The SMILES string of the molecule is CCCCOC[C@@H]1C[C@@H](OS(C)(=O)=O)[C@H]1C. The van der Waals surface area contributed by atoms with Crippen LogP contribution in [0.25, 0.3) is 0 Å². The maximum Gasteiger partial charge on any atom is 0.264 e. The summed E-state index contributed by atoms with van der Waals surface area (Å²) in [5.74, 6) is 0.722. The lowest BCUT2D eigenvalue weighted by molar-refractivity contribution is -0.0451. The van der Waals surface area contributed by atoms with Crippen molar-refractivity contribution in [2.24, 2.45) is 11.8 Å². The molecule has 0 saturated heterocycles. The van der Waals surface area contributed by atoms with Crippen LogP contribution in [0.4, 0.5) is 0 Å². The molecule has 4 nitrogen and oxygen atoms in total. The molecular formula is C11H22O4S. The molecule has 0 unspecified atom stereocenters. The van der Waals surface area contributed by atoms with Crippen LogP contribution in [0.2, 0.25) is 0 Å². The zero-order chi connectivity index (χ0) is 12.2. The Morgan fingerprint density at radius 3 is 2.56 bits per heavy atom. The molecule has 3 atom stereocenters. The minimum Gasteiger partial charge on any atom is -0.381 e. The van der Waals surface area contributed by atoms with Gasteiger partial charge in [-0.1, -0.05) is 20.3 Å². The molecule has 0 radical (unpaired) electrons. The first-order valence-electron chi connectivity index (χ1n) is 5.90. The summed E-state index contributed by atoms with van der Waals surface area (Å²) in [4.78, 5) is 0. The molecule has 1 aliphatic rings. The van der Waals surface area contributed by atoms with E-state index in [0.29, 0.717) is 5.92 Å². The molecule has 0 aliphatic heterocycles. The highest BCUT2D eigenvalue weighted by atomic mass is 32.2. The maximum absolute atomic E-state index is 10.9. The van der Waals surface area contributed by atoms with Crippen molar-refractivity contribution in [1.29, 1.82) is 0 Å². The van der Waals surface area contributed by atoms with Gasteiger partial charge >= 0.3 is 0 Å². The topological polar surface area (TPSA) is 52.6 Å². The van der Waals surface area contributed by atoms with Crippen LogP contribution in [0, 0.1) is 11.8 Å². The Morgan fingerprint density at radius 1 is 1.38 bits per heavy atom. The zero-order valence-corrected chi connectivity index (χ0v) is 11.1. The monoisotopic (exact) mass is 250 g/mol. The number of unbranched alkanes of at least 4 members (excludes halogenated alkanes) is 1. The molecular weight excluding hydrogens is 228 g/mol. The average Bonchev–Trinajstić information content (AvgIpc) is 2.19.